The first kappa shape index (κ1) is 22.3. The molecule has 1 unspecified atom stereocenters. The van der Waals surface area contributed by atoms with Crippen molar-refractivity contribution in [2.24, 2.45) is 0 Å². The molecular formula is C19H18BrF2N3O4S. The first-order chi connectivity index (χ1) is 14.1. The summed E-state index contributed by atoms with van der Waals surface area (Å²) < 4.78 is 55.9. The summed E-state index contributed by atoms with van der Waals surface area (Å²) in [6.07, 6.45) is 2.68. The second-order valence-electron chi connectivity index (χ2n) is 6.85. The van der Waals surface area contributed by atoms with E-state index in [1.807, 2.05) is 0 Å². The zero-order valence-electron chi connectivity index (χ0n) is 16.1. The van der Waals surface area contributed by atoms with Crippen molar-refractivity contribution in [1.29, 1.82) is 0 Å². The van der Waals surface area contributed by atoms with Crippen molar-refractivity contribution >= 4 is 31.7 Å². The number of carbonyl (C=O) groups is 1. The van der Waals surface area contributed by atoms with E-state index in [0.717, 1.165) is 18.4 Å². The van der Waals surface area contributed by atoms with Crippen molar-refractivity contribution in [3.8, 4) is 0 Å². The Kier molecular flexibility index (Phi) is 6.51. The molecule has 0 saturated heterocycles. The smallest absolute Gasteiger partial charge is 0.264 e. The van der Waals surface area contributed by atoms with E-state index in [1.54, 1.807) is 6.92 Å². The Bertz CT molecular complexity index is 1120. The van der Waals surface area contributed by atoms with Gasteiger partial charge >= 0.3 is 0 Å². The second-order valence-corrected chi connectivity index (χ2v) is 9.55. The zero-order valence-corrected chi connectivity index (χ0v) is 18.5. The van der Waals surface area contributed by atoms with E-state index >= 15 is 0 Å². The third kappa shape index (κ3) is 5.01. The number of aromatic nitrogens is 2. The van der Waals surface area contributed by atoms with Crippen LogP contribution in [0.4, 0.5) is 8.78 Å². The molecular weight excluding hydrogens is 484 g/mol. The van der Waals surface area contributed by atoms with Crippen LogP contribution in [-0.2, 0) is 32.5 Å². The van der Waals surface area contributed by atoms with Crippen LogP contribution in [-0.4, -0.2) is 41.5 Å². The van der Waals surface area contributed by atoms with E-state index < -0.39 is 21.5 Å². The molecule has 3 rings (SSSR count). The highest BCUT2D eigenvalue weighted by Crippen LogP contribution is 2.30. The van der Waals surface area contributed by atoms with Crippen molar-refractivity contribution in [2.75, 3.05) is 6.26 Å². The number of hydrogen-bond donors (Lipinski definition) is 0. The minimum Gasteiger partial charge on any atom is -0.492 e. The fourth-order valence-corrected chi connectivity index (χ4v) is 3.92. The van der Waals surface area contributed by atoms with Gasteiger partial charge in [-0.3, -0.25) is 4.79 Å². The molecule has 1 aromatic heterocycles. The molecule has 1 aromatic carbocycles. The molecule has 0 radical (unpaired) electrons. The fraction of sp³-hybridized carbons (Fsp3) is 0.316. The summed E-state index contributed by atoms with van der Waals surface area (Å²) in [5, 5.41) is -0.308. The Morgan fingerprint density at radius 2 is 2.03 bits per heavy atom. The molecule has 1 amide bonds. The van der Waals surface area contributed by atoms with Crippen molar-refractivity contribution in [3.63, 3.8) is 0 Å². The minimum atomic E-state index is -3.57. The lowest BCUT2D eigenvalue weighted by Crippen LogP contribution is -2.42. The van der Waals surface area contributed by atoms with E-state index in [0.29, 0.717) is 17.9 Å². The Morgan fingerprint density at radius 3 is 2.70 bits per heavy atom. The van der Waals surface area contributed by atoms with Crippen LogP contribution in [0.25, 0.3) is 0 Å². The van der Waals surface area contributed by atoms with Crippen molar-refractivity contribution in [2.45, 2.75) is 37.7 Å². The van der Waals surface area contributed by atoms with Crippen LogP contribution in [0.1, 0.15) is 24.6 Å². The average molecular weight is 502 g/mol. The normalized spacial score (nSPS) is 17.4. The van der Waals surface area contributed by atoms with E-state index in [4.69, 9.17) is 4.74 Å². The van der Waals surface area contributed by atoms with Gasteiger partial charge in [-0.25, -0.2) is 27.2 Å². The lowest BCUT2D eigenvalue weighted by Gasteiger charge is -2.34. The van der Waals surface area contributed by atoms with Gasteiger partial charge in [-0.05, 0) is 41.1 Å². The molecule has 2 aromatic rings. The van der Waals surface area contributed by atoms with Crippen molar-refractivity contribution < 1.29 is 26.7 Å². The highest BCUT2D eigenvalue weighted by atomic mass is 79.9. The van der Waals surface area contributed by atoms with Crippen LogP contribution in [0.5, 0.6) is 0 Å². The molecule has 1 aliphatic heterocycles. The van der Waals surface area contributed by atoms with Gasteiger partial charge in [-0.15, -0.1) is 0 Å². The van der Waals surface area contributed by atoms with Crippen molar-refractivity contribution in [3.05, 3.63) is 63.6 Å². The molecule has 7 nitrogen and oxygen atoms in total. The summed E-state index contributed by atoms with van der Waals surface area (Å²) in [4.78, 5) is 22.1. The Hall–Kier alpha value is -2.40. The maximum Gasteiger partial charge on any atom is 0.264 e. The summed E-state index contributed by atoms with van der Waals surface area (Å²) >= 11 is 3.23. The van der Waals surface area contributed by atoms with Gasteiger partial charge in [0.25, 0.3) is 5.91 Å². The molecule has 0 spiro atoms. The predicted octanol–water partition coefficient (Wildman–Crippen LogP) is 3.10. The van der Waals surface area contributed by atoms with Crippen LogP contribution in [0.3, 0.4) is 0 Å². The Morgan fingerprint density at radius 1 is 1.30 bits per heavy atom. The summed E-state index contributed by atoms with van der Waals surface area (Å²) in [7, 11) is -3.57. The molecule has 0 aliphatic carbocycles. The van der Waals surface area contributed by atoms with Gasteiger partial charge in [0.15, 0.2) is 0 Å². The first-order valence-electron chi connectivity index (χ1n) is 8.84. The number of amides is 1. The molecule has 1 atom stereocenters. The Labute approximate surface area is 180 Å². The summed E-state index contributed by atoms with van der Waals surface area (Å²) in [5.41, 5.74) is 0.546. The molecule has 0 saturated carbocycles. The monoisotopic (exact) mass is 501 g/mol. The number of rotatable bonds is 6. The minimum absolute atomic E-state index is 0.0833. The maximum atomic E-state index is 13.8. The lowest BCUT2D eigenvalue weighted by atomic mass is 10.1. The summed E-state index contributed by atoms with van der Waals surface area (Å²) in [6.45, 7) is 1.73. The van der Waals surface area contributed by atoms with Gasteiger partial charge in [0.2, 0.25) is 15.0 Å². The molecule has 11 heteroatoms. The van der Waals surface area contributed by atoms with Crippen molar-refractivity contribution in [1.82, 2.24) is 14.9 Å². The van der Waals surface area contributed by atoms with E-state index in [2.05, 4.69) is 25.9 Å². The largest absolute Gasteiger partial charge is 0.492 e. The van der Waals surface area contributed by atoms with E-state index in [-0.39, 0.29) is 40.3 Å². The third-order valence-corrected chi connectivity index (χ3v) is 6.12. The topological polar surface area (TPSA) is 89.5 Å². The molecule has 0 fully saturated rings. The first-order valence-corrected chi connectivity index (χ1v) is 11.5. The molecule has 2 heterocycles. The molecule has 160 valence electrons. The predicted molar refractivity (Wildman–Crippen MR) is 107 cm³/mol. The van der Waals surface area contributed by atoms with Crippen LogP contribution in [0, 0.1) is 11.6 Å². The highest BCUT2D eigenvalue weighted by Gasteiger charge is 2.32. The lowest BCUT2D eigenvalue weighted by molar-refractivity contribution is -0.130. The Balaban J connectivity index is 1.75. The van der Waals surface area contributed by atoms with Gasteiger partial charge in [-0.2, -0.15) is 0 Å². The SMILES string of the molecule is CC1CC(OCc2ccc(F)cc2F)=C(Br)C(=O)N1Cc1ccnc(S(C)(=O)=O)n1. The third-order valence-electron chi connectivity index (χ3n) is 4.48. The quantitative estimate of drug-likeness (QED) is 0.565. The maximum absolute atomic E-state index is 13.8. The number of sulfone groups is 1. The van der Waals surface area contributed by atoms with Crippen LogP contribution in [0.2, 0.25) is 0 Å². The molecule has 0 N–H and O–H groups in total. The molecule has 1 aliphatic rings. The van der Waals surface area contributed by atoms with Crippen LogP contribution >= 0.6 is 15.9 Å². The van der Waals surface area contributed by atoms with Gasteiger partial charge in [0.1, 0.15) is 28.5 Å². The molecule has 0 bridgehead atoms. The number of benzene rings is 1. The standard InChI is InChI=1S/C19H18BrF2N3O4S/c1-11-7-16(29-10-12-3-4-13(21)8-15(12)22)17(20)18(26)25(11)9-14-5-6-23-19(24-14)30(2,27)28/h3-6,8,11H,7,9-10H2,1-2H3. The average Bonchev–Trinajstić information content (AvgIpc) is 2.67. The number of nitrogens with zero attached hydrogens (tertiary/aromatic N) is 3. The number of halogens is 3. The van der Waals surface area contributed by atoms with Crippen LogP contribution in [0.15, 0.2) is 45.9 Å². The highest BCUT2D eigenvalue weighted by molar-refractivity contribution is 9.12. The van der Waals surface area contributed by atoms with Crippen LogP contribution < -0.4 is 0 Å². The number of hydrogen-bond acceptors (Lipinski definition) is 6. The zero-order chi connectivity index (χ0) is 22.1. The number of ether oxygens (including phenoxy) is 1. The van der Waals surface area contributed by atoms with Gasteiger partial charge in [-0.1, -0.05) is 0 Å². The van der Waals surface area contributed by atoms with E-state index in [9.17, 15) is 22.0 Å². The van der Waals surface area contributed by atoms with E-state index in [1.165, 1.54) is 23.2 Å². The molecule has 30 heavy (non-hydrogen) atoms. The van der Waals surface area contributed by atoms with Gasteiger partial charge in [0, 0.05) is 36.5 Å². The second kappa shape index (κ2) is 8.76. The fourth-order valence-electron chi connectivity index (χ4n) is 2.88. The van der Waals surface area contributed by atoms with Gasteiger partial charge < -0.3 is 9.64 Å². The summed E-state index contributed by atoms with van der Waals surface area (Å²) in [5.74, 6) is -1.43. The summed E-state index contributed by atoms with van der Waals surface area (Å²) in [6, 6.07) is 4.44. The van der Waals surface area contributed by atoms with Gasteiger partial charge in [0.05, 0.1) is 12.2 Å². The number of carbonyl (C=O) groups excluding carboxylic acids is 1.